The van der Waals surface area contributed by atoms with Gasteiger partial charge in [0.25, 0.3) is 0 Å². The SMILES string of the molecule is [2H]C1=Cc2ccccc2N(CC=C)c2ccccc21. The van der Waals surface area contributed by atoms with E-state index in [9.17, 15) is 0 Å². The lowest BCUT2D eigenvalue weighted by molar-refractivity contribution is 1.10. The number of anilines is 2. The molecule has 0 bridgehead atoms. The maximum atomic E-state index is 8.26. The van der Waals surface area contributed by atoms with E-state index < -0.39 is 0 Å². The van der Waals surface area contributed by atoms with Gasteiger partial charge in [-0.2, -0.15) is 0 Å². The van der Waals surface area contributed by atoms with E-state index in [1.807, 2.05) is 48.6 Å². The van der Waals surface area contributed by atoms with Crippen LogP contribution in [0.5, 0.6) is 0 Å². The van der Waals surface area contributed by atoms with Crippen LogP contribution in [0.1, 0.15) is 12.5 Å². The van der Waals surface area contributed by atoms with E-state index in [0.29, 0.717) is 6.05 Å². The summed E-state index contributed by atoms with van der Waals surface area (Å²) in [6.45, 7) is 4.58. The van der Waals surface area contributed by atoms with Gasteiger partial charge in [-0.05, 0) is 23.3 Å². The Kier molecular flexibility index (Phi) is 2.45. The third kappa shape index (κ3) is 1.74. The topological polar surface area (TPSA) is 3.24 Å². The quantitative estimate of drug-likeness (QED) is 0.692. The van der Waals surface area contributed by atoms with Crippen LogP contribution in [0.3, 0.4) is 0 Å². The van der Waals surface area contributed by atoms with E-state index in [1.165, 1.54) is 0 Å². The molecule has 0 saturated heterocycles. The number of nitrogens with zero attached hydrogens (tertiary/aromatic N) is 1. The molecule has 1 aliphatic rings. The summed E-state index contributed by atoms with van der Waals surface area (Å²) in [5, 5.41) is 0. The van der Waals surface area contributed by atoms with Crippen molar-refractivity contribution in [1.29, 1.82) is 0 Å². The molecule has 1 heteroatoms. The molecule has 2 aromatic rings. The van der Waals surface area contributed by atoms with Gasteiger partial charge in [-0.1, -0.05) is 54.6 Å². The largest absolute Gasteiger partial charge is 0.337 e. The molecule has 0 amide bonds. The molecule has 18 heavy (non-hydrogen) atoms. The molecule has 0 spiro atoms. The van der Waals surface area contributed by atoms with Crippen molar-refractivity contribution in [2.75, 3.05) is 11.4 Å². The van der Waals surface area contributed by atoms with E-state index in [-0.39, 0.29) is 0 Å². The van der Waals surface area contributed by atoms with E-state index in [4.69, 9.17) is 1.37 Å². The Morgan fingerprint density at radius 2 is 1.61 bits per heavy atom. The average molecular weight is 234 g/mol. The second-order valence-electron chi connectivity index (χ2n) is 4.26. The smallest absolute Gasteiger partial charge is 0.0630 e. The van der Waals surface area contributed by atoms with Crippen LogP contribution in [-0.4, -0.2) is 6.54 Å². The van der Waals surface area contributed by atoms with Crippen LogP contribution in [0, 0.1) is 0 Å². The minimum atomic E-state index is 0.551. The monoisotopic (exact) mass is 234 g/mol. The molecule has 0 atom stereocenters. The van der Waals surface area contributed by atoms with Crippen molar-refractivity contribution in [1.82, 2.24) is 0 Å². The molecule has 1 heterocycles. The fourth-order valence-corrected chi connectivity index (χ4v) is 2.30. The third-order valence-electron chi connectivity index (χ3n) is 3.12. The summed E-state index contributed by atoms with van der Waals surface area (Å²) in [5.74, 6) is 0. The van der Waals surface area contributed by atoms with Gasteiger partial charge in [0.05, 0.1) is 1.37 Å². The van der Waals surface area contributed by atoms with E-state index in [0.717, 1.165) is 29.0 Å². The first-order chi connectivity index (χ1) is 9.31. The van der Waals surface area contributed by atoms with Crippen molar-refractivity contribution in [2.24, 2.45) is 0 Å². The number of para-hydroxylation sites is 2. The maximum Gasteiger partial charge on any atom is 0.0630 e. The van der Waals surface area contributed by atoms with Gasteiger partial charge in [0.1, 0.15) is 0 Å². The molecule has 1 nitrogen and oxygen atoms in total. The van der Waals surface area contributed by atoms with Gasteiger partial charge >= 0.3 is 0 Å². The molecule has 0 aromatic heterocycles. The van der Waals surface area contributed by atoms with Crippen LogP contribution in [0.15, 0.2) is 61.2 Å². The average Bonchev–Trinajstić information content (AvgIpc) is 2.56. The third-order valence-corrected chi connectivity index (χ3v) is 3.12. The molecule has 0 unspecified atom stereocenters. The summed E-state index contributed by atoms with van der Waals surface area (Å²) in [7, 11) is 0. The lowest BCUT2D eigenvalue weighted by Gasteiger charge is -2.25. The number of rotatable bonds is 2. The summed E-state index contributed by atoms with van der Waals surface area (Å²) in [4.78, 5) is 2.20. The normalized spacial score (nSPS) is 13.9. The Hall–Kier alpha value is -2.28. The van der Waals surface area contributed by atoms with Gasteiger partial charge in [-0.15, -0.1) is 6.58 Å². The Bertz CT molecular complexity index is 658. The first-order valence-electron chi connectivity index (χ1n) is 6.56. The van der Waals surface area contributed by atoms with Gasteiger partial charge in [0, 0.05) is 17.9 Å². The minimum Gasteiger partial charge on any atom is -0.337 e. The van der Waals surface area contributed by atoms with Crippen LogP contribution >= 0.6 is 0 Å². The Labute approximate surface area is 109 Å². The molecule has 88 valence electrons. The highest BCUT2D eigenvalue weighted by atomic mass is 15.1. The van der Waals surface area contributed by atoms with E-state index in [1.54, 1.807) is 0 Å². The number of benzene rings is 2. The number of fused-ring (bicyclic) bond motifs is 2. The number of hydrogen-bond donors (Lipinski definition) is 0. The molecule has 2 aromatic carbocycles. The Morgan fingerprint density at radius 3 is 2.33 bits per heavy atom. The van der Waals surface area contributed by atoms with Gasteiger partial charge in [-0.3, -0.25) is 0 Å². The molecule has 0 fully saturated rings. The van der Waals surface area contributed by atoms with Crippen molar-refractivity contribution in [3.05, 3.63) is 72.3 Å². The highest BCUT2D eigenvalue weighted by molar-refractivity contribution is 5.88. The van der Waals surface area contributed by atoms with Gasteiger partial charge in [-0.25, -0.2) is 0 Å². The maximum absolute atomic E-state index is 8.26. The first kappa shape index (κ1) is 9.72. The fraction of sp³-hybridized carbons (Fsp3) is 0.0588. The zero-order valence-electron chi connectivity index (χ0n) is 11.1. The molecule has 0 saturated carbocycles. The van der Waals surface area contributed by atoms with Gasteiger partial charge < -0.3 is 4.90 Å². The zero-order chi connectivity index (χ0) is 13.2. The van der Waals surface area contributed by atoms with Crippen LogP contribution in [0.25, 0.3) is 12.1 Å². The zero-order valence-corrected chi connectivity index (χ0v) is 10.1. The molecule has 0 aliphatic carbocycles. The van der Waals surface area contributed by atoms with Crippen molar-refractivity contribution in [3.8, 4) is 0 Å². The standard InChI is InChI=1S/C17H15N/c1-2-13-18-16-9-5-3-7-14(16)11-12-15-8-4-6-10-17(15)18/h2-12H,1,13H2/i11D. The molecule has 0 N–H and O–H groups in total. The van der Waals surface area contributed by atoms with E-state index >= 15 is 0 Å². The van der Waals surface area contributed by atoms with Crippen LogP contribution in [0.2, 0.25) is 0 Å². The predicted octanol–water partition coefficient (Wildman–Crippen LogP) is 4.49. The lowest BCUT2D eigenvalue weighted by Crippen LogP contribution is -2.17. The summed E-state index contributed by atoms with van der Waals surface area (Å²) >= 11 is 0. The van der Waals surface area contributed by atoms with E-state index in [2.05, 4.69) is 23.6 Å². The van der Waals surface area contributed by atoms with Crippen LogP contribution < -0.4 is 4.90 Å². The summed E-state index contributed by atoms with van der Waals surface area (Å²) in [5.41, 5.74) is 4.22. The predicted molar refractivity (Wildman–Crippen MR) is 79.0 cm³/mol. The summed E-state index contributed by atoms with van der Waals surface area (Å²) in [6.07, 6.45) is 3.82. The molecular weight excluding hydrogens is 218 g/mol. The van der Waals surface area contributed by atoms with Gasteiger partial charge in [0.2, 0.25) is 0 Å². The van der Waals surface area contributed by atoms with Crippen LogP contribution in [0.4, 0.5) is 11.4 Å². The van der Waals surface area contributed by atoms with Crippen LogP contribution in [-0.2, 0) is 0 Å². The summed E-state index contributed by atoms with van der Waals surface area (Å²) in [6, 6.07) is 16.8. The Balaban J connectivity index is 2.29. The molecular formula is C17H15N. The second-order valence-corrected chi connectivity index (χ2v) is 4.26. The van der Waals surface area contributed by atoms with Crippen molar-refractivity contribution in [3.63, 3.8) is 0 Å². The fourth-order valence-electron chi connectivity index (χ4n) is 2.30. The summed E-state index contributed by atoms with van der Waals surface area (Å²) < 4.78 is 8.26. The van der Waals surface area contributed by atoms with Gasteiger partial charge in [0.15, 0.2) is 0 Å². The molecule has 1 aliphatic heterocycles. The minimum absolute atomic E-state index is 0.551. The Morgan fingerprint density at radius 1 is 1.00 bits per heavy atom. The van der Waals surface area contributed by atoms with Crippen molar-refractivity contribution < 1.29 is 1.37 Å². The molecule has 3 rings (SSSR count). The van der Waals surface area contributed by atoms with Crippen molar-refractivity contribution in [2.45, 2.75) is 0 Å². The second kappa shape index (κ2) is 4.53. The first-order valence-corrected chi connectivity index (χ1v) is 6.06. The van der Waals surface area contributed by atoms with Crippen molar-refractivity contribution >= 4 is 23.5 Å². The molecule has 0 radical (unpaired) electrons. The highest BCUT2D eigenvalue weighted by Crippen LogP contribution is 2.35. The lowest BCUT2D eigenvalue weighted by atomic mass is 10.1. The highest BCUT2D eigenvalue weighted by Gasteiger charge is 2.15. The number of hydrogen-bond acceptors (Lipinski definition) is 1.